The van der Waals surface area contributed by atoms with Crippen molar-refractivity contribution in [3.63, 3.8) is 0 Å². The second-order valence-corrected chi connectivity index (χ2v) is 2.85. The van der Waals surface area contributed by atoms with Crippen LogP contribution in [0.3, 0.4) is 0 Å². The van der Waals surface area contributed by atoms with Gasteiger partial charge >= 0.3 is 6.03 Å². The summed E-state index contributed by atoms with van der Waals surface area (Å²) in [6, 6.07) is 2.49. The summed E-state index contributed by atoms with van der Waals surface area (Å²) < 4.78 is 0.348. The molecule has 0 bridgehead atoms. The summed E-state index contributed by atoms with van der Waals surface area (Å²) in [6.45, 7) is 0. The van der Waals surface area contributed by atoms with E-state index in [-0.39, 0.29) is 0 Å². The smallest absolute Gasteiger partial charge is 0.316 e. The number of carbonyl (C=O) groups excluding carboxylic acids is 1. The Morgan fingerprint density at radius 3 is 2.83 bits per heavy atom. The number of hydrogen-bond donors (Lipinski definition) is 3. The number of urea groups is 1. The van der Waals surface area contributed by atoms with Gasteiger partial charge in [0.25, 0.3) is 0 Å². The number of hydrogen-bond acceptors (Lipinski definition) is 2. The summed E-state index contributed by atoms with van der Waals surface area (Å²) in [7, 11) is 0. The number of amides is 2. The van der Waals surface area contributed by atoms with Crippen molar-refractivity contribution in [1.82, 2.24) is 4.98 Å². The largest absolute Gasteiger partial charge is 0.351 e. The third kappa shape index (κ3) is 2.21. The molecular weight excluding hydrogens is 198 g/mol. The first-order valence-electron chi connectivity index (χ1n) is 3.05. The molecule has 1 aromatic rings. The van der Waals surface area contributed by atoms with Crippen LogP contribution < -0.4 is 11.1 Å². The van der Waals surface area contributed by atoms with Gasteiger partial charge in [-0.25, -0.2) is 4.79 Å². The molecule has 0 aliphatic heterocycles. The van der Waals surface area contributed by atoms with E-state index in [0.717, 1.165) is 0 Å². The van der Waals surface area contributed by atoms with Crippen molar-refractivity contribution < 1.29 is 4.79 Å². The molecule has 12 heavy (non-hydrogen) atoms. The number of aromatic amines is 1. The van der Waals surface area contributed by atoms with E-state index in [2.05, 4.69) is 10.3 Å². The lowest BCUT2D eigenvalue weighted by molar-refractivity contribution is 0.259. The molecule has 0 fully saturated rings. The number of rotatable bonds is 1. The van der Waals surface area contributed by atoms with E-state index in [1.165, 1.54) is 0 Å². The molecule has 0 unspecified atom stereocenters. The number of aromatic nitrogens is 1. The predicted octanol–water partition coefficient (Wildman–Crippen LogP) is 1.89. The molecule has 0 saturated carbocycles. The Morgan fingerprint density at radius 1 is 1.67 bits per heavy atom. The van der Waals surface area contributed by atoms with Gasteiger partial charge in [0.2, 0.25) is 0 Å². The summed E-state index contributed by atoms with van der Waals surface area (Å²) in [5.74, 6) is 0. The van der Waals surface area contributed by atoms with Crippen LogP contribution in [-0.4, -0.2) is 11.0 Å². The molecule has 4 N–H and O–H groups in total. The topological polar surface area (TPSA) is 70.9 Å². The highest BCUT2D eigenvalue weighted by Gasteiger charge is 1.98. The average molecular weight is 204 g/mol. The van der Waals surface area contributed by atoms with Crippen LogP contribution in [0.2, 0.25) is 5.15 Å². The summed E-state index contributed by atoms with van der Waals surface area (Å²) in [4.78, 5) is 13.1. The van der Waals surface area contributed by atoms with E-state index in [0.29, 0.717) is 15.5 Å². The van der Waals surface area contributed by atoms with Crippen LogP contribution in [-0.2, 0) is 0 Å². The van der Waals surface area contributed by atoms with Crippen LogP contribution in [0.1, 0.15) is 0 Å². The Bertz CT molecular complexity index is 362. The number of anilines is 1. The molecule has 4 nitrogen and oxygen atoms in total. The van der Waals surface area contributed by atoms with Crippen LogP contribution in [0.15, 0.2) is 12.1 Å². The predicted molar refractivity (Wildman–Crippen MR) is 49.8 cm³/mol. The summed E-state index contributed by atoms with van der Waals surface area (Å²) in [5, 5.41) is 2.76. The molecule has 1 rings (SSSR count). The maximum atomic E-state index is 10.4. The van der Waals surface area contributed by atoms with Crippen LogP contribution in [0.5, 0.6) is 0 Å². The monoisotopic (exact) mass is 203 g/mol. The van der Waals surface area contributed by atoms with Crippen molar-refractivity contribution >= 4 is 35.5 Å². The maximum Gasteiger partial charge on any atom is 0.316 e. The number of primary amides is 1. The highest BCUT2D eigenvalue weighted by Crippen LogP contribution is 2.11. The highest BCUT2D eigenvalue weighted by molar-refractivity contribution is 7.71. The molecule has 2 amide bonds. The Morgan fingerprint density at radius 2 is 2.33 bits per heavy atom. The van der Waals surface area contributed by atoms with E-state index in [1.807, 2.05) is 0 Å². The Labute approximate surface area is 78.7 Å². The number of pyridine rings is 1. The van der Waals surface area contributed by atoms with Crippen LogP contribution >= 0.6 is 23.8 Å². The SMILES string of the molecule is NC(=O)Nc1ccc(Cl)[nH]c1=S. The van der Waals surface area contributed by atoms with Gasteiger partial charge in [0.15, 0.2) is 0 Å². The van der Waals surface area contributed by atoms with Gasteiger partial charge in [0.05, 0.1) is 5.69 Å². The lowest BCUT2D eigenvalue weighted by Crippen LogP contribution is -2.19. The lowest BCUT2D eigenvalue weighted by atomic mass is 10.4. The zero-order valence-electron chi connectivity index (χ0n) is 5.93. The maximum absolute atomic E-state index is 10.4. The van der Waals surface area contributed by atoms with Crippen LogP contribution in [0.4, 0.5) is 10.5 Å². The van der Waals surface area contributed by atoms with Crippen molar-refractivity contribution in [2.24, 2.45) is 5.73 Å². The summed E-state index contributed by atoms with van der Waals surface area (Å²) in [5.41, 5.74) is 5.33. The average Bonchev–Trinajstić information content (AvgIpc) is 1.94. The molecule has 0 aliphatic carbocycles. The summed E-state index contributed by atoms with van der Waals surface area (Å²) >= 11 is 10.4. The fourth-order valence-electron chi connectivity index (χ4n) is 0.681. The molecule has 1 heterocycles. The molecule has 6 heteroatoms. The second-order valence-electron chi connectivity index (χ2n) is 2.04. The van der Waals surface area contributed by atoms with Crippen molar-refractivity contribution in [2.75, 3.05) is 5.32 Å². The minimum absolute atomic E-state index is 0.348. The quantitative estimate of drug-likeness (QED) is 0.482. The van der Waals surface area contributed by atoms with E-state index in [4.69, 9.17) is 29.6 Å². The van der Waals surface area contributed by atoms with E-state index < -0.39 is 6.03 Å². The summed E-state index contributed by atoms with van der Waals surface area (Å²) in [6.07, 6.45) is 0. The Balaban J connectivity index is 3.02. The molecule has 0 radical (unpaired) electrons. The van der Waals surface area contributed by atoms with Gasteiger partial charge in [0, 0.05) is 0 Å². The van der Waals surface area contributed by atoms with Crippen molar-refractivity contribution in [1.29, 1.82) is 0 Å². The third-order valence-corrected chi connectivity index (χ3v) is 1.67. The van der Waals surface area contributed by atoms with Gasteiger partial charge < -0.3 is 16.0 Å². The molecule has 0 spiro atoms. The molecule has 1 aromatic heterocycles. The minimum Gasteiger partial charge on any atom is -0.351 e. The van der Waals surface area contributed by atoms with Gasteiger partial charge in [-0.2, -0.15) is 0 Å². The van der Waals surface area contributed by atoms with Crippen LogP contribution in [0, 0.1) is 4.64 Å². The fourth-order valence-corrected chi connectivity index (χ4v) is 1.12. The van der Waals surface area contributed by atoms with Crippen LogP contribution in [0.25, 0.3) is 0 Å². The molecule has 0 atom stereocenters. The first-order chi connectivity index (χ1) is 5.59. The van der Waals surface area contributed by atoms with Crippen molar-refractivity contribution in [2.45, 2.75) is 0 Å². The minimum atomic E-state index is -0.656. The van der Waals surface area contributed by atoms with E-state index in [1.54, 1.807) is 12.1 Å². The highest BCUT2D eigenvalue weighted by atomic mass is 35.5. The number of nitrogens with two attached hydrogens (primary N) is 1. The molecule has 0 saturated heterocycles. The number of nitrogens with one attached hydrogen (secondary N) is 2. The second kappa shape index (κ2) is 3.55. The standard InChI is InChI=1S/C6H6ClN3OS/c7-4-2-1-3(5(12)10-4)9-6(8)11/h1-2H,(H,10,12)(H3,8,9,11). The zero-order valence-corrected chi connectivity index (χ0v) is 7.50. The number of carbonyl (C=O) groups is 1. The van der Waals surface area contributed by atoms with E-state index in [9.17, 15) is 4.79 Å². The molecule has 64 valence electrons. The lowest BCUT2D eigenvalue weighted by Gasteiger charge is -2.00. The van der Waals surface area contributed by atoms with Gasteiger partial charge in [-0.15, -0.1) is 0 Å². The van der Waals surface area contributed by atoms with Crippen molar-refractivity contribution in [3.8, 4) is 0 Å². The van der Waals surface area contributed by atoms with Gasteiger partial charge in [-0.3, -0.25) is 0 Å². The normalized spacial score (nSPS) is 9.42. The Kier molecular flexibility index (Phi) is 2.67. The third-order valence-electron chi connectivity index (χ3n) is 1.13. The van der Waals surface area contributed by atoms with E-state index >= 15 is 0 Å². The first kappa shape index (κ1) is 9.02. The molecule has 0 aromatic carbocycles. The van der Waals surface area contributed by atoms with Gasteiger partial charge in [-0.1, -0.05) is 23.8 Å². The van der Waals surface area contributed by atoms with Gasteiger partial charge in [-0.05, 0) is 12.1 Å². The first-order valence-corrected chi connectivity index (χ1v) is 3.83. The Hall–Kier alpha value is -1.07. The number of halogens is 1. The van der Waals surface area contributed by atoms with Crippen molar-refractivity contribution in [3.05, 3.63) is 21.9 Å². The fraction of sp³-hybridized carbons (Fsp3) is 0. The molecule has 0 aliphatic rings. The zero-order chi connectivity index (χ0) is 9.14. The number of H-pyrrole nitrogens is 1. The van der Waals surface area contributed by atoms with Gasteiger partial charge in [0.1, 0.15) is 9.79 Å². The molecular formula is C6H6ClN3OS.